The van der Waals surface area contributed by atoms with Gasteiger partial charge in [0.15, 0.2) is 49.9 Å². The summed E-state index contributed by atoms with van der Waals surface area (Å²) < 4.78 is 62.6. The lowest BCUT2D eigenvalue weighted by molar-refractivity contribution is -0.351. The van der Waals surface area contributed by atoms with Crippen LogP contribution in [0.5, 0.6) is 0 Å². The number of rotatable bonds is 18. The number of hydrogen-bond donors (Lipinski definition) is 12. The number of nitrogens with one attached hydrogen (secondary N) is 2. The number of hydrogen-bond acceptors (Lipinski definition) is 25. The first kappa shape index (κ1) is 51.1. The Kier molecular flexibility index (Phi) is 20.6. The van der Waals surface area contributed by atoms with E-state index in [4.69, 9.17) is 56.8 Å². The monoisotopic (exact) mass is 868 g/mol. The minimum atomic E-state index is -2.11. The summed E-state index contributed by atoms with van der Waals surface area (Å²) in [5.74, 6) is -2.92. The molecule has 4 fully saturated rings. The Hall–Kier alpha value is -2.27. The van der Waals surface area contributed by atoms with Crippen molar-refractivity contribution in [3.8, 4) is 0 Å². The Labute approximate surface area is 336 Å². The molecule has 4 heterocycles. The predicted molar refractivity (Wildman–Crippen MR) is 183 cm³/mol. The number of aliphatic hydroxyl groups excluding tert-OH is 7. The van der Waals surface area contributed by atoms with E-state index in [1.54, 1.807) is 0 Å². The average Bonchev–Trinajstić information content (AvgIpc) is 3.21. The average molecular weight is 869 g/mol. The highest BCUT2D eigenvalue weighted by Crippen LogP contribution is 2.32. The number of carboxylic acids is 2. The van der Waals surface area contributed by atoms with E-state index in [0.29, 0.717) is 6.29 Å². The van der Waals surface area contributed by atoms with Gasteiger partial charge < -0.3 is 113 Å². The van der Waals surface area contributed by atoms with Crippen LogP contribution >= 0.6 is 0 Å². The molecule has 12 N–H and O–H groups in total. The molecule has 27 heteroatoms. The van der Waals surface area contributed by atoms with Gasteiger partial charge in [-0.2, -0.15) is 0 Å². The predicted octanol–water partition coefficient (Wildman–Crippen LogP) is -8.07. The standard InChI is InChI=1S/C16H29NO13.C16H27NO12/c1-25-4-17-5-9(8(20)11(13(21)22)29-15(5)27-3)28-16-7(19)6(18)10(26-2)12(30-16)14(23)24;1-24-5-17-7-11(8(19)6(4-18)27-15(7)26-3)28-16-10(21)9(20)12(25-2)13(29-16)14(22)23/h5-13,15-22H,4H2,1-3H3,(H,23,24);4,6-13,15-17,19-21H,5H2,1-3H3,(H,22,23). The van der Waals surface area contributed by atoms with Crippen molar-refractivity contribution in [2.24, 2.45) is 0 Å². The highest BCUT2D eigenvalue weighted by atomic mass is 16.7. The Morgan fingerprint density at radius 1 is 0.559 bits per heavy atom. The van der Waals surface area contributed by atoms with Gasteiger partial charge in [-0.15, -0.1) is 0 Å². The van der Waals surface area contributed by atoms with E-state index in [2.05, 4.69) is 10.6 Å². The molecule has 4 rings (SSSR count). The van der Waals surface area contributed by atoms with Crippen molar-refractivity contribution in [2.45, 2.75) is 129 Å². The SMILES string of the molecule is COCNC1C(OC)OC(C(O)O)C(O)C1OC1OC(C(=O)O)C(OC)C(O)C1O.COCNC1C(OC)OC(C=O)C(O)C1OC1OC(C(=O)O)C(OC)C(O)C1O. The third kappa shape index (κ3) is 12.0. The normalized spacial score (nSPS) is 42.8. The first-order valence-corrected chi connectivity index (χ1v) is 17.8. The summed E-state index contributed by atoms with van der Waals surface area (Å²) in [7, 11) is 7.67. The first-order valence-electron chi connectivity index (χ1n) is 17.8. The largest absolute Gasteiger partial charge is 0.479 e. The van der Waals surface area contributed by atoms with E-state index in [1.165, 1.54) is 28.4 Å². The quantitative estimate of drug-likeness (QED) is 0.0449. The Balaban J connectivity index is 0.000000316. The number of ether oxygens (including phenoxy) is 12. The number of methoxy groups -OCH3 is 6. The molecule has 20 unspecified atom stereocenters. The fourth-order valence-corrected chi connectivity index (χ4v) is 6.76. The molecule has 0 radical (unpaired) electrons. The van der Waals surface area contributed by atoms with Gasteiger partial charge in [-0.25, -0.2) is 9.59 Å². The lowest BCUT2D eigenvalue weighted by atomic mass is 9.95. The minimum Gasteiger partial charge on any atom is -0.479 e. The van der Waals surface area contributed by atoms with Gasteiger partial charge in [-0.3, -0.25) is 10.6 Å². The molecule has 20 atom stereocenters. The van der Waals surface area contributed by atoms with Crippen LogP contribution < -0.4 is 10.6 Å². The van der Waals surface area contributed by atoms with E-state index >= 15 is 0 Å². The fraction of sp³-hybridized carbons (Fsp3) is 0.906. The van der Waals surface area contributed by atoms with Crippen molar-refractivity contribution in [1.29, 1.82) is 0 Å². The fourth-order valence-electron chi connectivity index (χ4n) is 6.76. The molecule has 0 aromatic carbocycles. The zero-order valence-electron chi connectivity index (χ0n) is 32.7. The second-order valence-electron chi connectivity index (χ2n) is 13.4. The van der Waals surface area contributed by atoms with Crippen LogP contribution in [0.2, 0.25) is 0 Å². The highest BCUT2D eigenvalue weighted by molar-refractivity contribution is 5.74. The van der Waals surface area contributed by atoms with Crippen molar-refractivity contribution in [1.82, 2.24) is 10.6 Å². The number of aliphatic carboxylic acids is 2. The van der Waals surface area contributed by atoms with Gasteiger partial charge in [0, 0.05) is 42.7 Å². The van der Waals surface area contributed by atoms with E-state index in [0.717, 1.165) is 14.2 Å². The van der Waals surface area contributed by atoms with Crippen LogP contribution in [0.4, 0.5) is 0 Å². The van der Waals surface area contributed by atoms with Crippen LogP contribution in [-0.2, 0) is 71.2 Å². The summed E-state index contributed by atoms with van der Waals surface area (Å²) in [6, 6.07) is -1.88. The molecule has 344 valence electrons. The van der Waals surface area contributed by atoms with Crippen molar-refractivity contribution in [3.63, 3.8) is 0 Å². The van der Waals surface area contributed by atoms with Crippen LogP contribution in [0, 0.1) is 0 Å². The van der Waals surface area contributed by atoms with Gasteiger partial charge in [0.05, 0.1) is 25.5 Å². The molecular weight excluding hydrogens is 812 g/mol. The molecule has 4 aliphatic heterocycles. The molecule has 27 nitrogen and oxygen atoms in total. The zero-order chi connectivity index (χ0) is 44.3. The minimum absolute atomic E-state index is 0.00752. The summed E-state index contributed by atoms with van der Waals surface area (Å²) in [6.45, 7) is -0.0561. The summed E-state index contributed by atoms with van der Waals surface area (Å²) in [4.78, 5) is 34.2. The maximum atomic E-state index is 11.5. The van der Waals surface area contributed by atoms with Crippen molar-refractivity contribution >= 4 is 18.2 Å². The van der Waals surface area contributed by atoms with E-state index in [9.17, 15) is 65.4 Å². The maximum Gasteiger partial charge on any atom is 0.335 e. The molecule has 0 saturated carbocycles. The number of carbonyl (C=O) groups is 3. The van der Waals surface area contributed by atoms with Crippen molar-refractivity contribution < 1.29 is 122 Å². The second-order valence-corrected chi connectivity index (χ2v) is 13.4. The second kappa shape index (κ2) is 23.8. The topological polar surface area (TPSA) is 388 Å². The Bertz CT molecular complexity index is 1290. The number of carbonyl (C=O) groups excluding carboxylic acids is 1. The van der Waals surface area contributed by atoms with Crippen molar-refractivity contribution in [2.75, 3.05) is 56.1 Å². The molecule has 0 aromatic rings. The first-order chi connectivity index (χ1) is 28.0. The summed E-state index contributed by atoms with van der Waals surface area (Å²) in [6.07, 6.45) is -28.9. The van der Waals surface area contributed by atoms with Gasteiger partial charge >= 0.3 is 11.9 Å². The van der Waals surface area contributed by atoms with Gasteiger partial charge in [-0.1, -0.05) is 0 Å². The lowest BCUT2D eigenvalue weighted by Gasteiger charge is -2.47. The number of aldehydes is 1. The molecule has 4 aliphatic rings. The van der Waals surface area contributed by atoms with E-state index < -0.39 is 141 Å². The third-order valence-corrected chi connectivity index (χ3v) is 9.75. The summed E-state index contributed by atoms with van der Waals surface area (Å²) in [5, 5.41) is 106. The van der Waals surface area contributed by atoms with Crippen LogP contribution in [0.15, 0.2) is 0 Å². The molecule has 0 amide bonds. The molecule has 59 heavy (non-hydrogen) atoms. The van der Waals surface area contributed by atoms with Gasteiger partial charge in [0.2, 0.25) is 0 Å². The third-order valence-electron chi connectivity index (χ3n) is 9.75. The molecule has 0 bridgehead atoms. The molecule has 0 aromatic heterocycles. The molecule has 0 aliphatic carbocycles. The van der Waals surface area contributed by atoms with Gasteiger partial charge in [-0.05, 0) is 0 Å². The molecular formula is C32H56N2O25. The van der Waals surface area contributed by atoms with E-state index in [1.807, 2.05) is 0 Å². The van der Waals surface area contributed by atoms with Crippen LogP contribution in [0.25, 0.3) is 0 Å². The Morgan fingerprint density at radius 2 is 0.966 bits per heavy atom. The smallest absolute Gasteiger partial charge is 0.335 e. The lowest BCUT2D eigenvalue weighted by Crippen LogP contribution is -2.68. The van der Waals surface area contributed by atoms with E-state index in [-0.39, 0.29) is 13.5 Å². The van der Waals surface area contributed by atoms with Crippen LogP contribution in [-0.4, -0.2) is 254 Å². The number of carboxylic acid groups (broad SMARTS) is 2. The van der Waals surface area contributed by atoms with Gasteiger partial charge in [0.25, 0.3) is 0 Å². The maximum absolute atomic E-state index is 11.5. The number of aliphatic hydroxyl groups is 8. The van der Waals surface area contributed by atoms with Crippen LogP contribution in [0.3, 0.4) is 0 Å². The highest BCUT2D eigenvalue weighted by Gasteiger charge is 2.55. The zero-order valence-corrected chi connectivity index (χ0v) is 32.7. The van der Waals surface area contributed by atoms with Crippen molar-refractivity contribution in [3.05, 3.63) is 0 Å². The molecule has 4 saturated heterocycles. The van der Waals surface area contributed by atoms with Crippen LogP contribution in [0.1, 0.15) is 0 Å². The Morgan fingerprint density at radius 3 is 1.31 bits per heavy atom. The summed E-state index contributed by atoms with van der Waals surface area (Å²) >= 11 is 0. The van der Waals surface area contributed by atoms with Gasteiger partial charge in [0.1, 0.15) is 73.2 Å². The summed E-state index contributed by atoms with van der Waals surface area (Å²) in [5.41, 5.74) is 0. The molecule has 0 spiro atoms.